The molecule has 1 saturated heterocycles. The zero-order valence-corrected chi connectivity index (χ0v) is 9.05. The molecule has 1 heterocycles. The van der Waals surface area contributed by atoms with Crippen LogP contribution in [-0.2, 0) is 4.74 Å². The van der Waals surface area contributed by atoms with Gasteiger partial charge in [0.05, 0.1) is 6.61 Å². The van der Waals surface area contributed by atoms with E-state index in [0.717, 1.165) is 19.8 Å². The molecule has 1 fully saturated rings. The molecule has 0 amide bonds. The van der Waals surface area contributed by atoms with Gasteiger partial charge in [-0.2, -0.15) is 0 Å². The number of nitrogens with one attached hydrogen (secondary N) is 1. The molecule has 1 N–H and O–H groups in total. The Balaban J connectivity index is 2.14. The second-order valence-electron chi connectivity index (χ2n) is 4.24. The number of hydrogen-bond donors (Lipinski definition) is 1. The molecular formula is C10H22N2O. The molecule has 0 spiro atoms. The van der Waals surface area contributed by atoms with E-state index in [4.69, 9.17) is 4.74 Å². The van der Waals surface area contributed by atoms with Crippen molar-refractivity contribution in [1.29, 1.82) is 0 Å². The Hall–Kier alpha value is -0.120. The summed E-state index contributed by atoms with van der Waals surface area (Å²) >= 11 is 0. The van der Waals surface area contributed by atoms with Crippen molar-refractivity contribution in [1.82, 2.24) is 10.2 Å². The smallest absolute Gasteiger partial charge is 0.0619 e. The molecule has 0 aliphatic carbocycles. The van der Waals surface area contributed by atoms with E-state index >= 15 is 0 Å². The second kappa shape index (κ2) is 5.58. The van der Waals surface area contributed by atoms with E-state index in [1.807, 2.05) is 0 Å². The summed E-state index contributed by atoms with van der Waals surface area (Å²) < 4.78 is 5.41. The largest absolute Gasteiger partial charge is 0.380 e. The molecule has 3 heteroatoms. The summed E-state index contributed by atoms with van der Waals surface area (Å²) in [6.07, 6.45) is 2.46. The van der Waals surface area contributed by atoms with Crippen LogP contribution >= 0.6 is 0 Å². The summed E-state index contributed by atoms with van der Waals surface area (Å²) in [6.45, 7) is 5.16. The first kappa shape index (κ1) is 11.0. The Morgan fingerprint density at radius 2 is 2.31 bits per heavy atom. The van der Waals surface area contributed by atoms with Gasteiger partial charge in [0.2, 0.25) is 0 Å². The third kappa shape index (κ3) is 4.60. The Morgan fingerprint density at radius 3 is 2.85 bits per heavy atom. The zero-order chi connectivity index (χ0) is 9.68. The fourth-order valence-corrected chi connectivity index (χ4v) is 1.87. The quantitative estimate of drug-likeness (QED) is 0.699. The van der Waals surface area contributed by atoms with E-state index in [2.05, 4.69) is 31.2 Å². The maximum atomic E-state index is 5.41. The van der Waals surface area contributed by atoms with Crippen LogP contribution in [0.3, 0.4) is 0 Å². The second-order valence-corrected chi connectivity index (χ2v) is 4.24. The van der Waals surface area contributed by atoms with Crippen LogP contribution in [-0.4, -0.2) is 50.8 Å². The predicted molar refractivity (Wildman–Crippen MR) is 55.0 cm³/mol. The number of nitrogens with zero attached hydrogens (tertiary/aromatic N) is 1. The molecule has 78 valence electrons. The molecule has 3 nitrogen and oxygen atoms in total. The summed E-state index contributed by atoms with van der Waals surface area (Å²) in [5.74, 6) is 0. The summed E-state index contributed by atoms with van der Waals surface area (Å²) in [7, 11) is 4.21. The number of likely N-dealkylation sites (N-methyl/N-ethyl adjacent to an activating group) is 1. The molecule has 13 heavy (non-hydrogen) atoms. The van der Waals surface area contributed by atoms with Crippen LogP contribution < -0.4 is 5.32 Å². The van der Waals surface area contributed by atoms with Gasteiger partial charge >= 0.3 is 0 Å². The minimum Gasteiger partial charge on any atom is -0.380 e. The topological polar surface area (TPSA) is 24.5 Å². The van der Waals surface area contributed by atoms with Crippen LogP contribution in [0, 0.1) is 0 Å². The SMILES string of the molecule is CC(CN(C)C)NC1CCCOC1. The zero-order valence-electron chi connectivity index (χ0n) is 9.05. The first-order valence-corrected chi connectivity index (χ1v) is 5.17. The van der Waals surface area contributed by atoms with Gasteiger partial charge in [0, 0.05) is 25.2 Å². The van der Waals surface area contributed by atoms with Crippen LogP contribution in [0.4, 0.5) is 0 Å². The van der Waals surface area contributed by atoms with Crippen LogP contribution in [0.2, 0.25) is 0 Å². The van der Waals surface area contributed by atoms with Gasteiger partial charge < -0.3 is 15.0 Å². The third-order valence-corrected chi connectivity index (χ3v) is 2.32. The average molecular weight is 186 g/mol. The Bertz CT molecular complexity index is 133. The fraction of sp³-hybridized carbons (Fsp3) is 1.00. The Labute approximate surface area is 81.4 Å². The highest BCUT2D eigenvalue weighted by molar-refractivity contribution is 4.74. The summed E-state index contributed by atoms with van der Waals surface area (Å²) in [4.78, 5) is 2.21. The molecular weight excluding hydrogens is 164 g/mol. The van der Waals surface area contributed by atoms with E-state index in [1.54, 1.807) is 0 Å². The maximum Gasteiger partial charge on any atom is 0.0619 e. The van der Waals surface area contributed by atoms with Crippen LogP contribution in [0.25, 0.3) is 0 Å². The lowest BCUT2D eigenvalue weighted by atomic mass is 10.1. The van der Waals surface area contributed by atoms with Gasteiger partial charge in [-0.25, -0.2) is 0 Å². The van der Waals surface area contributed by atoms with E-state index in [9.17, 15) is 0 Å². The summed E-state index contributed by atoms with van der Waals surface area (Å²) in [5, 5.41) is 3.58. The molecule has 0 saturated carbocycles. The molecule has 2 atom stereocenters. The van der Waals surface area contributed by atoms with Crippen molar-refractivity contribution in [2.45, 2.75) is 31.8 Å². The first-order chi connectivity index (χ1) is 6.18. The minimum atomic E-state index is 0.557. The summed E-state index contributed by atoms with van der Waals surface area (Å²) in [6, 6.07) is 1.13. The van der Waals surface area contributed by atoms with Crippen LogP contribution in [0.1, 0.15) is 19.8 Å². The molecule has 0 radical (unpaired) electrons. The summed E-state index contributed by atoms with van der Waals surface area (Å²) in [5.41, 5.74) is 0. The van der Waals surface area contributed by atoms with Gasteiger partial charge in [-0.1, -0.05) is 0 Å². The van der Waals surface area contributed by atoms with Crippen molar-refractivity contribution in [3.8, 4) is 0 Å². The van der Waals surface area contributed by atoms with Gasteiger partial charge in [0.25, 0.3) is 0 Å². The van der Waals surface area contributed by atoms with Crippen molar-refractivity contribution < 1.29 is 4.74 Å². The molecule has 0 aromatic rings. The van der Waals surface area contributed by atoms with Crippen molar-refractivity contribution in [3.63, 3.8) is 0 Å². The highest BCUT2D eigenvalue weighted by Gasteiger charge is 2.15. The minimum absolute atomic E-state index is 0.557. The molecule has 1 rings (SSSR count). The lowest BCUT2D eigenvalue weighted by molar-refractivity contribution is 0.0658. The van der Waals surface area contributed by atoms with Gasteiger partial charge in [-0.15, -0.1) is 0 Å². The van der Waals surface area contributed by atoms with E-state index < -0.39 is 0 Å². The van der Waals surface area contributed by atoms with Crippen molar-refractivity contribution in [2.24, 2.45) is 0 Å². The molecule has 2 unspecified atom stereocenters. The molecule has 0 bridgehead atoms. The highest BCUT2D eigenvalue weighted by atomic mass is 16.5. The number of rotatable bonds is 4. The van der Waals surface area contributed by atoms with E-state index in [0.29, 0.717) is 12.1 Å². The molecule has 0 aromatic heterocycles. The molecule has 0 aromatic carbocycles. The average Bonchev–Trinajstić information content (AvgIpc) is 2.04. The van der Waals surface area contributed by atoms with Gasteiger partial charge in [-0.05, 0) is 33.9 Å². The maximum absolute atomic E-state index is 5.41. The van der Waals surface area contributed by atoms with E-state index in [1.165, 1.54) is 12.8 Å². The van der Waals surface area contributed by atoms with Crippen LogP contribution in [0.15, 0.2) is 0 Å². The van der Waals surface area contributed by atoms with Crippen molar-refractivity contribution in [3.05, 3.63) is 0 Å². The lowest BCUT2D eigenvalue weighted by Gasteiger charge is -2.28. The monoisotopic (exact) mass is 186 g/mol. The Kier molecular flexibility index (Phi) is 4.70. The third-order valence-electron chi connectivity index (χ3n) is 2.32. The van der Waals surface area contributed by atoms with Crippen molar-refractivity contribution >= 4 is 0 Å². The lowest BCUT2D eigenvalue weighted by Crippen LogP contribution is -2.45. The van der Waals surface area contributed by atoms with Crippen molar-refractivity contribution in [2.75, 3.05) is 33.9 Å². The Morgan fingerprint density at radius 1 is 1.54 bits per heavy atom. The van der Waals surface area contributed by atoms with E-state index in [-0.39, 0.29) is 0 Å². The standard InChI is InChI=1S/C10H22N2O/c1-9(7-12(2)3)11-10-5-4-6-13-8-10/h9-11H,4-8H2,1-3H3. The highest BCUT2D eigenvalue weighted by Crippen LogP contribution is 2.06. The van der Waals surface area contributed by atoms with Crippen LogP contribution in [0.5, 0.6) is 0 Å². The molecule has 1 aliphatic rings. The predicted octanol–water partition coefficient (Wildman–Crippen LogP) is 0.705. The van der Waals surface area contributed by atoms with Gasteiger partial charge in [0.15, 0.2) is 0 Å². The number of hydrogen-bond acceptors (Lipinski definition) is 3. The fourth-order valence-electron chi connectivity index (χ4n) is 1.87. The normalized spacial score (nSPS) is 26.3. The number of ether oxygens (including phenoxy) is 1. The van der Waals surface area contributed by atoms with Gasteiger partial charge in [-0.3, -0.25) is 0 Å². The first-order valence-electron chi connectivity index (χ1n) is 5.17. The molecule has 1 aliphatic heterocycles. The van der Waals surface area contributed by atoms with Gasteiger partial charge in [0.1, 0.15) is 0 Å².